The third-order valence-electron chi connectivity index (χ3n) is 2.90. The molecule has 2 N–H and O–H groups in total. The molecule has 0 atom stereocenters. The van der Waals surface area contributed by atoms with Crippen LogP contribution in [0.15, 0.2) is 29.2 Å². The number of amides is 1. The van der Waals surface area contributed by atoms with Crippen molar-refractivity contribution in [2.75, 3.05) is 31.3 Å². The molecule has 1 heterocycles. The number of anilines is 1. The second-order valence-electron chi connectivity index (χ2n) is 4.62. The van der Waals surface area contributed by atoms with Crippen molar-refractivity contribution in [1.29, 1.82) is 0 Å². The molecule has 1 amide bonds. The van der Waals surface area contributed by atoms with Gasteiger partial charge in [-0.3, -0.25) is 4.79 Å². The van der Waals surface area contributed by atoms with Crippen LogP contribution < -0.4 is 10.6 Å². The van der Waals surface area contributed by atoms with E-state index in [9.17, 15) is 4.79 Å². The third-order valence-corrected chi connectivity index (χ3v) is 3.63. The highest BCUT2D eigenvalue weighted by atomic mass is 32.2. The molecule has 1 aromatic rings. The summed E-state index contributed by atoms with van der Waals surface area (Å²) in [6, 6.07) is 7.77. The second kappa shape index (κ2) is 5.73. The fourth-order valence-electron chi connectivity index (χ4n) is 1.72. The minimum absolute atomic E-state index is 0.0989. The average Bonchev–Trinajstić information content (AvgIpc) is 2.34. The highest BCUT2D eigenvalue weighted by Crippen LogP contribution is 2.19. The molecular weight excluding hydrogens is 248 g/mol. The fraction of sp³-hybridized carbons (Fsp3) is 0.462. The highest BCUT2D eigenvalue weighted by Gasteiger charge is 2.32. The average molecular weight is 266 g/mol. The van der Waals surface area contributed by atoms with Crippen molar-refractivity contribution in [3.63, 3.8) is 0 Å². The lowest BCUT2D eigenvalue weighted by Gasteiger charge is -2.38. The maximum absolute atomic E-state index is 11.7. The predicted molar refractivity (Wildman–Crippen MR) is 74.1 cm³/mol. The van der Waals surface area contributed by atoms with Gasteiger partial charge in [-0.25, -0.2) is 0 Å². The first-order chi connectivity index (χ1) is 8.61. The van der Waals surface area contributed by atoms with E-state index < -0.39 is 0 Å². The van der Waals surface area contributed by atoms with E-state index in [-0.39, 0.29) is 18.1 Å². The normalized spacial score (nSPS) is 17.0. The summed E-state index contributed by atoms with van der Waals surface area (Å²) < 4.78 is 5.58. The lowest BCUT2D eigenvalue weighted by Crippen LogP contribution is -2.59. The van der Waals surface area contributed by atoms with Gasteiger partial charge in [-0.2, -0.15) is 0 Å². The minimum atomic E-state index is -0.182. The molecule has 1 saturated heterocycles. The SMILES string of the molecule is CSc1cccc(NC(=O)COC2(C)CNC2)c1. The van der Waals surface area contributed by atoms with Crippen molar-refractivity contribution in [3.8, 4) is 0 Å². The number of carbonyl (C=O) groups is 1. The molecule has 1 fully saturated rings. The molecule has 18 heavy (non-hydrogen) atoms. The van der Waals surface area contributed by atoms with Crippen LogP contribution in [0.2, 0.25) is 0 Å². The summed E-state index contributed by atoms with van der Waals surface area (Å²) in [6.07, 6.45) is 2.01. The first-order valence-electron chi connectivity index (χ1n) is 5.90. The first-order valence-corrected chi connectivity index (χ1v) is 7.12. The maximum Gasteiger partial charge on any atom is 0.250 e. The van der Waals surface area contributed by atoms with Gasteiger partial charge in [0.1, 0.15) is 6.61 Å². The minimum Gasteiger partial charge on any atom is -0.363 e. The zero-order chi connectivity index (χ0) is 13.0. The van der Waals surface area contributed by atoms with E-state index in [4.69, 9.17) is 4.74 Å². The summed E-state index contributed by atoms with van der Waals surface area (Å²) in [5.74, 6) is -0.110. The summed E-state index contributed by atoms with van der Waals surface area (Å²) in [6.45, 7) is 3.72. The van der Waals surface area contributed by atoms with Crippen molar-refractivity contribution in [2.45, 2.75) is 17.4 Å². The Balaban J connectivity index is 1.82. The van der Waals surface area contributed by atoms with Gasteiger partial charge in [0, 0.05) is 23.7 Å². The number of hydrogen-bond donors (Lipinski definition) is 2. The predicted octanol–water partition coefficient (Wildman–Crippen LogP) is 1.73. The molecule has 5 heteroatoms. The lowest BCUT2D eigenvalue weighted by molar-refractivity contribution is -0.130. The largest absolute Gasteiger partial charge is 0.363 e. The van der Waals surface area contributed by atoms with E-state index in [2.05, 4.69) is 10.6 Å². The van der Waals surface area contributed by atoms with Gasteiger partial charge in [0.2, 0.25) is 5.91 Å². The van der Waals surface area contributed by atoms with Crippen LogP contribution in [-0.4, -0.2) is 37.5 Å². The van der Waals surface area contributed by atoms with Crippen molar-refractivity contribution >= 4 is 23.4 Å². The van der Waals surface area contributed by atoms with Crippen molar-refractivity contribution in [1.82, 2.24) is 5.32 Å². The Kier molecular flexibility index (Phi) is 4.27. The van der Waals surface area contributed by atoms with Crippen LogP contribution in [0.25, 0.3) is 0 Å². The standard InChI is InChI=1S/C13H18N2O2S/c1-13(8-14-9-13)17-7-12(16)15-10-4-3-5-11(6-10)18-2/h3-6,14H,7-9H2,1-2H3,(H,15,16). The molecule has 0 radical (unpaired) electrons. The Morgan fingerprint density at radius 3 is 2.94 bits per heavy atom. The van der Waals surface area contributed by atoms with Crippen molar-refractivity contribution in [3.05, 3.63) is 24.3 Å². The second-order valence-corrected chi connectivity index (χ2v) is 5.50. The van der Waals surface area contributed by atoms with Crippen LogP contribution in [0.3, 0.4) is 0 Å². The van der Waals surface area contributed by atoms with Crippen molar-refractivity contribution < 1.29 is 9.53 Å². The topological polar surface area (TPSA) is 50.4 Å². The van der Waals surface area contributed by atoms with Crippen LogP contribution >= 0.6 is 11.8 Å². The molecule has 0 aromatic heterocycles. The monoisotopic (exact) mass is 266 g/mol. The maximum atomic E-state index is 11.7. The molecule has 98 valence electrons. The van der Waals surface area contributed by atoms with Crippen LogP contribution in [0.5, 0.6) is 0 Å². The summed E-state index contributed by atoms with van der Waals surface area (Å²) in [4.78, 5) is 12.9. The van der Waals surface area contributed by atoms with E-state index in [0.29, 0.717) is 0 Å². The van der Waals surface area contributed by atoms with Gasteiger partial charge in [-0.1, -0.05) is 6.07 Å². The molecule has 1 aromatic carbocycles. The summed E-state index contributed by atoms with van der Waals surface area (Å²) in [5, 5.41) is 5.97. The molecule has 0 saturated carbocycles. The number of hydrogen-bond acceptors (Lipinski definition) is 4. The van der Waals surface area contributed by atoms with E-state index >= 15 is 0 Å². The molecule has 0 spiro atoms. The van der Waals surface area contributed by atoms with E-state index in [0.717, 1.165) is 23.7 Å². The number of thioether (sulfide) groups is 1. The zero-order valence-electron chi connectivity index (χ0n) is 10.7. The van der Waals surface area contributed by atoms with Gasteiger partial charge in [0.15, 0.2) is 0 Å². The van der Waals surface area contributed by atoms with E-state index in [1.807, 2.05) is 37.4 Å². The number of rotatable bonds is 5. The summed E-state index contributed by atoms with van der Waals surface area (Å²) >= 11 is 1.65. The molecule has 1 aliphatic heterocycles. The molecule has 2 rings (SSSR count). The first kappa shape index (κ1) is 13.4. The molecule has 0 aliphatic carbocycles. The van der Waals surface area contributed by atoms with Gasteiger partial charge >= 0.3 is 0 Å². The molecule has 4 nitrogen and oxygen atoms in total. The molecular formula is C13H18N2O2S. The highest BCUT2D eigenvalue weighted by molar-refractivity contribution is 7.98. The quantitative estimate of drug-likeness (QED) is 0.797. The lowest BCUT2D eigenvalue weighted by atomic mass is 10.0. The number of ether oxygens (including phenoxy) is 1. The van der Waals surface area contributed by atoms with Crippen LogP contribution in [0.4, 0.5) is 5.69 Å². The zero-order valence-corrected chi connectivity index (χ0v) is 11.5. The van der Waals surface area contributed by atoms with Crippen molar-refractivity contribution in [2.24, 2.45) is 0 Å². The van der Waals surface area contributed by atoms with Gasteiger partial charge in [-0.05, 0) is 31.4 Å². The van der Waals surface area contributed by atoms with Gasteiger partial charge in [0.25, 0.3) is 0 Å². The Hall–Kier alpha value is -1.04. The van der Waals surface area contributed by atoms with E-state index in [1.165, 1.54) is 0 Å². The third kappa shape index (κ3) is 3.48. The van der Waals surface area contributed by atoms with Gasteiger partial charge in [-0.15, -0.1) is 11.8 Å². The number of carbonyl (C=O) groups excluding carboxylic acids is 1. The van der Waals surface area contributed by atoms with Gasteiger partial charge < -0.3 is 15.4 Å². The molecule has 0 unspecified atom stereocenters. The molecule has 1 aliphatic rings. The van der Waals surface area contributed by atoms with Crippen LogP contribution in [0, 0.1) is 0 Å². The van der Waals surface area contributed by atoms with Gasteiger partial charge in [0.05, 0.1) is 5.60 Å². The Labute approximate surface area is 111 Å². The summed E-state index contributed by atoms with van der Waals surface area (Å²) in [7, 11) is 0. The number of nitrogens with one attached hydrogen (secondary N) is 2. The fourth-order valence-corrected chi connectivity index (χ4v) is 2.18. The smallest absolute Gasteiger partial charge is 0.250 e. The number of benzene rings is 1. The Bertz CT molecular complexity index is 433. The summed E-state index contributed by atoms with van der Waals surface area (Å²) in [5.41, 5.74) is 0.630. The Morgan fingerprint density at radius 1 is 1.56 bits per heavy atom. The van der Waals surface area contributed by atoms with Crippen LogP contribution in [-0.2, 0) is 9.53 Å². The van der Waals surface area contributed by atoms with E-state index in [1.54, 1.807) is 11.8 Å². The van der Waals surface area contributed by atoms with Crippen LogP contribution in [0.1, 0.15) is 6.92 Å². The Morgan fingerprint density at radius 2 is 2.33 bits per heavy atom. The molecule has 0 bridgehead atoms.